The first-order valence-corrected chi connectivity index (χ1v) is 16.6. The third kappa shape index (κ3) is 2.77. The van der Waals surface area contributed by atoms with E-state index in [1.54, 1.807) is 62.8 Å². The Morgan fingerprint density at radius 2 is 0.917 bits per heavy atom. The molecule has 0 aliphatic heterocycles. The molecule has 1 heterocycles. The summed E-state index contributed by atoms with van der Waals surface area (Å²) in [4.78, 5) is 5.94. The molecule has 11 fully saturated rings. The van der Waals surface area contributed by atoms with E-state index in [0.29, 0.717) is 16.2 Å². The van der Waals surface area contributed by atoms with Crippen molar-refractivity contribution in [3.05, 3.63) is 29.1 Å². The molecule has 36 heavy (non-hydrogen) atoms. The maximum absolute atomic E-state index is 5.94. The predicted molar refractivity (Wildman–Crippen MR) is 144 cm³/mol. The van der Waals surface area contributed by atoms with Crippen molar-refractivity contribution in [2.75, 3.05) is 0 Å². The van der Waals surface area contributed by atoms with Crippen LogP contribution in [-0.2, 0) is 16.2 Å². The zero-order valence-electron chi connectivity index (χ0n) is 22.5. The minimum absolute atomic E-state index is 0.440. The maximum atomic E-state index is 5.94. The summed E-state index contributed by atoms with van der Waals surface area (Å²) in [5, 5.41) is 0. The van der Waals surface area contributed by atoms with Crippen molar-refractivity contribution in [1.29, 1.82) is 0 Å². The second-order valence-corrected chi connectivity index (χ2v) is 17.1. The third-order valence-electron chi connectivity index (χ3n) is 14.9. The normalized spacial score (nSPS) is 57.2. The van der Waals surface area contributed by atoms with E-state index in [2.05, 4.69) is 12.1 Å². The Hall–Kier alpha value is -0.850. The van der Waals surface area contributed by atoms with Crippen LogP contribution in [0.25, 0.3) is 0 Å². The highest BCUT2D eigenvalue weighted by molar-refractivity contribution is 5.39. The van der Waals surface area contributed by atoms with Gasteiger partial charge in [0.25, 0.3) is 0 Å². The van der Waals surface area contributed by atoms with E-state index in [1.807, 2.05) is 5.56 Å². The van der Waals surface area contributed by atoms with Crippen LogP contribution in [0.4, 0.5) is 0 Å². The number of hydrogen-bond donors (Lipinski definition) is 0. The van der Waals surface area contributed by atoms with Crippen LogP contribution in [0.5, 0.6) is 0 Å². The van der Waals surface area contributed by atoms with Gasteiger partial charge in [0, 0.05) is 22.2 Å². The van der Waals surface area contributed by atoms with Crippen molar-refractivity contribution < 1.29 is 0 Å². The molecule has 0 amide bonds. The molecule has 0 saturated heterocycles. The fraction of sp³-hybridized carbons (Fsp3) is 0.857. The van der Waals surface area contributed by atoms with Crippen molar-refractivity contribution >= 4 is 0 Å². The van der Waals surface area contributed by atoms with Crippen LogP contribution in [0.3, 0.4) is 0 Å². The summed E-state index contributed by atoms with van der Waals surface area (Å²) >= 11 is 0. The predicted octanol–water partition coefficient (Wildman–Crippen LogP) is 8.49. The molecule has 11 aliphatic rings. The molecule has 12 rings (SSSR count). The maximum Gasteiger partial charge on any atom is 0.0472 e. The van der Waals surface area contributed by atoms with Gasteiger partial charge in [-0.2, -0.15) is 0 Å². The monoisotopic (exact) mass is 481 g/mol. The van der Waals surface area contributed by atoms with Gasteiger partial charge in [-0.05, 0) is 192 Å². The van der Waals surface area contributed by atoms with Crippen molar-refractivity contribution in [2.24, 2.45) is 53.3 Å². The molecule has 1 heteroatoms. The van der Waals surface area contributed by atoms with Gasteiger partial charge in [0.2, 0.25) is 0 Å². The molecule has 4 atom stereocenters. The van der Waals surface area contributed by atoms with Crippen molar-refractivity contribution in [3.8, 4) is 0 Å². The summed E-state index contributed by atoms with van der Waals surface area (Å²) < 4.78 is 0. The van der Waals surface area contributed by atoms with E-state index in [4.69, 9.17) is 4.98 Å². The van der Waals surface area contributed by atoms with E-state index in [0.717, 1.165) is 53.3 Å². The molecule has 1 aromatic heterocycles. The molecule has 4 unspecified atom stereocenters. The van der Waals surface area contributed by atoms with Crippen molar-refractivity contribution in [2.45, 2.75) is 132 Å². The van der Waals surface area contributed by atoms with Gasteiger partial charge in [0.15, 0.2) is 0 Å². The minimum atomic E-state index is 0.440. The zero-order valence-corrected chi connectivity index (χ0v) is 22.5. The molecule has 192 valence electrons. The van der Waals surface area contributed by atoms with Gasteiger partial charge in [-0.15, -0.1) is 0 Å². The summed E-state index contributed by atoms with van der Waals surface area (Å²) in [5.74, 6) is 9.28. The zero-order chi connectivity index (χ0) is 23.3. The van der Waals surface area contributed by atoms with E-state index < -0.39 is 0 Å². The van der Waals surface area contributed by atoms with Crippen LogP contribution in [0.15, 0.2) is 12.1 Å². The number of pyridine rings is 1. The molecule has 0 spiro atoms. The lowest BCUT2D eigenvalue weighted by Gasteiger charge is -2.58. The highest BCUT2D eigenvalue weighted by Gasteiger charge is 2.57. The van der Waals surface area contributed by atoms with Crippen molar-refractivity contribution in [1.82, 2.24) is 4.98 Å². The fourth-order valence-electron chi connectivity index (χ4n) is 14.5. The standard InChI is InChI=1S/C35H47N/c1-2-33(13-27-9-28(1)29(10-27)20-33)31-11-30(34-14-21-3-22(15-34)5-23(4-21)16-34)12-32(36-31)35-17-24-6-25(18-35)8-26(7-24)19-35/h11-12,21-29H,1-10,13-20H2. The molecule has 11 bridgehead atoms. The Morgan fingerprint density at radius 1 is 0.472 bits per heavy atom. The van der Waals surface area contributed by atoms with Gasteiger partial charge in [0.05, 0.1) is 0 Å². The van der Waals surface area contributed by atoms with E-state index in [1.165, 1.54) is 64.2 Å². The molecule has 11 saturated carbocycles. The summed E-state index contributed by atoms with van der Waals surface area (Å²) in [6, 6.07) is 5.62. The van der Waals surface area contributed by atoms with Gasteiger partial charge < -0.3 is 0 Å². The lowest BCUT2D eigenvalue weighted by Crippen LogP contribution is -2.50. The topological polar surface area (TPSA) is 12.9 Å². The van der Waals surface area contributed by atoms with Gasteiger partial charge in [-0.1, -0.05) is 0 Å². The number of aromatic nitrogens is 1. The Morgan fingerprint density at radius 3 is 1.50 bits per heavy atom. The van der Waals surface area contributed by atoms with Crippen molar-refractivity contribution in [3.63, 3.8) is 0 Å². The fourth-order valence-corrected chi connectivity index (χ4v) is 14.5. The molecule has 0 aromatic carbocycles. The van der Waals surface area contributed by atoms with Gasteiger partial charge >= 0.3 is 0 Å². The molecule has 0 N–H and O–H groups in total. The second kappa shape index (κ2) is 6.83. The molecule has 1 aromatic rings. The summed E-state index contributed by atoms with van der Waals surface area (Å²) in [5.41, 5.74) is 6.51. The Balaban J connectivity index is 1.14. The average molecular weight is 482 g/mol. The first-order valence-electron chi connectivity index (χ1n) is 16.6. The van der Waals surface area contributed by atoms with Crippen LogP contribution in [0.2, 0.25) is 0 Å². The number of nitrogens with zero attached hydrogens (tertiary/aromatic N) is 1. The highest BCUT2D eigenvalue weighted by Crippen LogP contribution is 2.65. The molecule has 1 nitrogen and oxygen atoms in total. The molecular weight excluding hydrogens is 434 g/mol. The Bertz CT molecular complexity index is 947. The lowest BCUT2D eigenvalue weighted by atomic mass is 9.47. The largest absolute Gasteiger partial charge is 0.257 e. The summed E-state index contributed by atoms with van der Waals surface area (Å²) in [6.07, 6.45) is 27.4. The molecule has 0 radical (unpaired) electrons. The van der Waals surface area contributed by atoms with Gasteiger partial charge in [-0.25, -0.2) is 0 Å². The number of rotatable bonds is 3. The number of fused-ring (bicyclic) bond motifs is 2. The van der Waals surface area contributed by atoms with Crippen LogP contribution in [0.1, 0.15) is 133 Å². The van der Waals surface area contributed by atoms with E-state index in [9.17, 15) is 0 Å². The van der Waals surface area contributed by atoms with Gasteiger partial charge in [-0.3, -0.25) is 4.98 Å². The summed E-state index contributed by atoms with van der Waals surface area (Å²) in [7, 11) is 0. The SMILES string of the molecule is c1c(C23CC4CC(CC(C4)C2)C3)cc(C23CCC4CC(CC4C2)C3)nc1C12CC3CC(CC(C3)C1)C2. The van der Waals surface area contributed by atoms with E-state index >= 15 is 0 Å². The minimum Gasteiger partial charge on any atom is -0.257 e. The quantitative estimate of drug-likeness (QED) is 0.422. The van der Waals surface area contributed by atoms with Crippen LogP contribution >= 0.6 is 0 Å². The van der Waals surface area contributed by atoms with Crippen LogP contribution in [0, 0.1) is 53.3 Å². The molecule has 11 aliphatic carbocycles. The Kier molecular flexibility index (Phi) is 3.99. The number of hydrogen-bond acceptors (Lipinski definition) is 1. The van der Waals surface area contributed by atoms with E-state index in [-0.39, 0.29) is 0 Å². The van der Waals surface area contributed by atoms with Crippen LogP contribution < -0.4 is 0 Å². The second-order valence-electron chi connectivity index (χ2n) is 17.1. The first-order chi connectivity index (χ1) is 17.5. The lowest BCUT2D eigenvalue weighted by molar-refractivity contribution is -0.0102. The third-order valence-corrected chi connectivity index (χ3v) is 14.9. The Labute approximate surface area is 219 Å². The smallest absolute Gasteiger partial charge is 0.0472 e. The highest BCUT2D eigenvalue weighted by atomic mass is 14.8. The first kappa shape index (κ1) is 21.0. The average Bonchev–Trinajstić information content (AvgIpc) is 3.05. The molecular formula is C35H47N. The summed E-state index contributed by atoms with van der Waals surface area (Å²) in [6.45, 7) is 0. The van der Waals surface area contributed by atoms with Crippen LogP contribution in [-0.4, -0.2) is 4.98 Å². The van der Waals surface area contributed by atoms with Gasteiger partial charge in [0.1, 0.15) is 0 Å².